The van der Waals surface area contributed by atoms with Crippen molar-refractivity contribution in [2.75, 3.05) is 5.73 Å². The smallest absolute Gasteiger partial charge is 0.399 e. The van der Waals surface area contributed by atoms with Gasteiger partial charge >= 0.3 is 6.03 Å². The summed E-state index contributed by atoms with van der Waals surface area (Å²) in [6, 6.07) is 14.2. The van der Waals surface area contributed by atoms with E-state index in [2.05, 4.69) is 5.32 Å². The molecule has 1 aliphatic heterocycles. The average molecular weight is 312 g/mol. The number of carbonyl (C=O) groups is 2. The van der Waals surface area contributed by atoms with Crippen molar-refractivity contribution in [2.45, 2.75) is 18.6 Å². The summed E-state index contributed by atoms with van der Waals surface area (Å²) in [5, 5.41) is 13.9. The number of nitrogens with two attached hydrogens (primary N) is 2. The van der Waals surface area contributed by atoms with Gasteiger partial charge in [0, 0.05) is 12.6 Å². The van der Waals surface area contributed by atoms with Gasteiger partial charge < -0.3 is 10.8 Å². The van der Waals surface area contributed by atoms with Crippen molar-refractivity contribution >= 4 is 17.6 Å². The van der Waals surface area contributed by atoms with Gasteiger partial charge in [-0.2, -0.15) is 0 Å². The number of aliphatic hydroxyl groups is 1. The van der Waals surface area contributed by atoms with E-state index in [0.717, 1.165) is 11.1 Å². The zero-order valence-electron chi connectivity index (χ0n) is 12.6. The molecule has 3 amide bonds. The van der Waals surface area contributed by atoms with E-state index in [9.17, 15) is 14.7 Å². The van der Waals surface area contributed by atoms with Crippen LogP contribution in [0.1, 0.15) is 18.6 Å². The molecule has 1 heterocycles. The van der Waals surface area contributed by atoms with E-state index in [1.807, 2.05) is 36.4 Å². The molecule has 2 aromatic rings. The minimum atomic E-state index is -1.25. The quantitative estimate of drug-likeness (QED) is 0.490. The molecule has 2 aromatic carbocycles. The maximum atomic E-state index is 11.9. The first-order valence-electron chi connectivity index (χ1n) is 7.25. The van der Waals surface area contributed by atoms with E-state index in [0.29, 0.717) is 11.3 Å². The van der Waals surface area contributed by atoms with Crippen LogP contribution in [0.4, 0.5) is 10.5 Å². The first-order chi connectivity index (χ1) is 10.9. The fourth-order valence-corrected chi connectivity index (χ4v) is 2.75. The van der Waals surface area contributed by atoms with Gasteiger partial charge in [-0.25, -0.2) is 15.4 Å². The number of carbonyl (C=O) groups excluding carboxylic acids is 2. The first-order valence-corrected chi connectivity index (χ1v) is 7.25. The van der Waals surface area contributed by atoms with Gasteiger partial charge in [0.2, 0.25) is 5.54 Å². The summed E-state index contributed by atoms with van der Waals surface area (Å²) in [6.45, 7) is 1.55. The maximum Gasteiger partial charge on any atom is 0.421 e. The van der Waals surface area contributed by atoms with Crippen LogP contribution >= 0.6 is 0 Å². The van der Waals surface area contributed by atoms with Crippen molar-refractivity contribution in [3.8, 4) is 11.1 Å². The Bertz CT molecular complexity index is 773. The molecule has 0 aromatic heterocycles. The van der Waals surface area contributed by atoms with Gasteiger partial charge in [-0.05, 0) is 28.8 Å². The van der Waals surface area contributed by atoms with Gasteiger partial charge in [0.1, 0.15) is 6.10 Å². The van der Waals surface area contributed by atoms with Gasteiger partial charge in [-0.15, -0.1) is 0 Å². The summed E-state index contributed by atoms with van der Waals surface area (Å²) in [5.74, 6) is -0.491. The monoisotopic (exact) mass is 312 g/mol. The Labute approximate surface area is 133 Å². The minimum absolute atomic E-state index is 0.479. The zero-order chi connectivity index (χ0) is 16.6. The van der Waals surface area contributed by atoms with E-state index in [1.165, 1.54) is 5.32 Å². The maximum absolute atomic E-state index is 11.9. The number of imide groups is 1. The van der Waals surface area contributed by atoms with E-state index >= 15 is 0 Å². The minimum Gasteiger partial charge on any atom is -0.399 e. The Morgan fingerprint density at radius 2 is 1.83 bits per heavy atom. The lowest BCUT2D eigenvalue weighted by Gasteiger charge is -2.23. The Morgan fingerprint density at radius 3 is 2.39 bits per heavy atom. The molecule has 2 unspecified atom stereocenters. The lowest BCUT2D eigenvalue weighted by atomic mass is 9.89. The first kappa shape index (κ1) is 15.2. The zero-order valence-corrected chi connectivity index (χ0v) is 12.6. The number of amides is 3. The summed E-state index contributed by atoms with van der Waals surface area (Å²) >= 11 is 0. The highest BCUT2D eigenvalue weighted by atomic mass is 16.3. The molecule has 1 aliphatic rings. The second-order valence-corrected chi connectivity index (χ2v) is 5.90. The third-order valence-corrected chi connectivity index (χ3v) is 4.17. The SMILES string of the molecule is CC1(C(O)c2ccc(-c3cccc(N)c3)cc2)[NH2+]C(=O)NC1=O. The molecule has 2 atom stereocenters. The Balaban J connectivity index is 1.88. The fourth-order valence-electron chi connectivity index (χ4n) is 2.75. The number of anilines is 1. The number of nitrogen functional groups attached to an aromatic ring is 1. The number of primary amides is 1. The van der Waals surface area contributed by atoms with Crippen LogP contribution in [0.5, 0.6) is 0 Å². The molecule has 6 N–H and O–H groups in total. The second-order valence-electron chi connectivity index (χ2n) is 5.90. The van der Waals surface area contributed by atoms with Crippen molar-refractivity contribution in [1.82, 2.24) is 5.32 Å². The molecule has 23 heavy (non-hydrogen) atoms. The number of rotatable bonds is 3. The molecule has 6 heteroatoms. The van der Waals surface area contributed by atoms with E-state index in [-0.39, 0.29) is 0 Å². The van der Waals surface area contributed by atoms with Crippen molar-refractivity contribution in [1.29, 1.82) is 0 Å². The van der Waals surface area contributed by atoms with Gasteiger partial charge in [0.05, 0.1) is 0 Å². The van der Waals surface area contributed by atoms with Crippen molar-refractivity contribution < 1.29 is 20.0 Å². The number of quaternary nitrogens is 1. The van der Waals surface area contributed by atoms with E-state index < -0.39 is 23.6 Å². The van der Waals surface area contributed by atoms with E-state index in [1.54, 1.807) is 19.1 Å². The van der Waals surface area contributed by atoms with Gasteiger partial charge in [-0.1, -0.05) is 36.4 Å². The van der Waals surface area contributed by atoms with Gasteiger partial charge in [-0.3, -0.25) is 4.79 Å². The topological polar surface area (TPSA) is 109 Å². The number of benzene rings is 2. The number of hydrogen-bond donors (Lipinski definition) is 4. The molecular weight excluding hydrogens is 294 g/mol. The normalized spacial score (nSPS) is 22.0. The molecule has 3 rings (SSSR count). The lowest BCUT2D eigenvalue weighted by Crippen LogP contribution is -2.97. The van der Waals surface area contributed by atoms with E-state index in [4.69, 9.17) is 5.73 Å². The van der Waals surface area contributed by atoms with Crippen LogP contribution in [0.25, 0.3) is 11.1 Å². The summed E-state index contributed by atoms with van der Waals surface area (Å²) in [7, 11) is 0. The number of urea groups is 1. The molecule has 0 bridgehead atoms. The summed E-state index contributed by atoms with van der Waals surface area (Å²) in [4.78, 5) is 23.3. The van der Waals surface area contributed by atoms with Crippen molar-refractivity contribution in [3.63, 3.8) is 0 Å². The highest BCUT2D eigenvalue weighted by Gasteiger charge is 2.53. The summed E-state index contributed by atoms with van der Waals surface area (Å²) < 4.78 is 0. The molecular formula is C17H18N3O3+. The number of hydrogen-bond acceptors (Lipinski definition) is 4. The largest absolute Gasteiger partial charge is 0.421 e. The molecule has 0 spiro atoms. The predicted octanol–water partition coefficient (Wildman–Crippen LogP) is 0.541. The predicted molar refractivity (Wildman–Crippen MR) is 85.1 cm³/mol. The number of nitrogens with one attached hydrogen (secondary N) is 1. The van der Waals surface area contributed by atoms with Crippen LogP contribution in [0.15, 0.2) is 48.5 Å². The molecule has 1 saturated heterocycles. The van der Waals surface area contributed by atoms with Crippen LogP contribution in [-0.2, 0) is 4.79 Å². The molecule has 118 valence electrons. The van der Waals surface area contributed by atoms with Crippen LogP contribution in [-0.4, -0.2) is 22.6 Å². The summed E-state index contributed by atoms with van der Waals surface area (Å²) in [6.07, 6.45) is -1.09. The molecule has 0 aliphatic carbocycles. The highest BCUT2D eigenvalue weighted by Crippen LogP contribution is 2.28. The van der Waals surface area contributed by atoms with Gasteiger partial charge in [0.25, 0.3) is 5.91 Å². The van der Waals surface area contributed by atoms with Crippen LogP contribution < -0.4 is 16.4 Å². The molecule has 0 saturated carbocycles. The average Bonchev–Trinajstić information content (AvgIpc) is 2.80. The third kappa shape index (κ3) is 2.69. The summed E-state index contributed by atoms with van der Waals surface area (Å²) in [5.41, 5.74) is 7.70. The Morgan fingerprint density at radius 1 is 1.13 bits per heavy atom. The van der Waals surface area contributed by atoms with Crippen LogP contribution in [0.3, 0.4) is 0 Å². The van der Waals surface area contributed by atoms with Crippen LogP contribution in [0.2, 0.25) is 0 Å². The fraction of sp³-hybridized carbons (Fsp3) is 0.176. The Kier molecular flexibility index (Phi) is 3.63. The van der Waals surface area contributed by atoms with Crippen LogP contribution in [0, 0.1) is 0 Å². The standard InChI is InChI=1S/C17H17N3O3/c1-17(15(22)19-16(23)20-17)14(21)11-7-5-10(6-8-11)12-3-2-4-13(18)9-12/h2-9,14,21H,18H2,1H3,(H2,19,20,22,23)/p+1. The van der Waals surface area contributed by atoms with Crippen molar-refractivity contribution in [2.24, 2.45) is 0 Å². The molecule has 0 radical (unpaired) electrons. The lowest BCUT2D eigenvalue weighted by molar-refractivity contribution is -0.620. The number of aliphatic hydroxyl groups excluding tert-OH is 1. The van der Waals surface area contributed by atoms with Crippen molar-refractivity contribution in [3.05, 3.63) is 54.1 Å². The molecule has 1 fully saturated rings. The van der Waals surface area contributed by atoms with Gasteiger partial charge in [0.15, 0.2) is 0 Å². The second kappa shape index (κ2) is 5.49. The molecule has 6 nitrogen and oxygen atoms in total. The Hall–Kier alpha value is -2.70. The third-order valence-electron chi connectivity index (χ3n) is 4.17. The highest BCUT2D eigenvalue weighted by molar-refractivity contribution is 6.00.